The average Bonchev–Trinajstić information content (AvgIpc) is 2.48. The van der Waals surface area contributed by atoms with Crippen LogP contribution < -0.4 is 9.64 Å². The number of para-hydroxylation sites is 1. The summed E-state index contributed by atoms with van der Waals surface area (Å²) in [7, 11) is 0. The topological polar surface area (TPSA) is 46.6 Å². The second kappa shape index (κ2) is 5.88. The lowest BCUT2D eigenvalue weighted by Gasteiger charge is -2.34. The Labute approximate surface area is 135 Å². The van der Waals surface area contributed by atoms with E-state index in [1.807, 2.05) is 44.2 Å². The van der Waals surface area contributed by atoms with Gasteiger partial charge in [0.15, 0.2) is 0 Å². The minimum atomic E-state index is -0.263. The molecule has 1 fully saturated rings. The van der Waals surface area contributed by atoms with Gasteiger partial charge < -0.3 is 4.74 Å². The third-order valence-corrected chi connectivity index (χ3v) is 3.83. The van der Waals surface area contributed by atoms with E-state index in [4.69, 9.17) is 4.74 Å². The molecule has 0 radical (unpaired) electrons. The first-order valence-electron chi connectivity index (χ1n) is 7.63. The summed E-state index contributed by atoms with van der Waals surface area (Å²) in [5.41, 5.74) is 0.331. The maximum Gasteiger partial charge on any atom is 0.234 e. The van der Waals surface area contributed by atoms with Gasteiger partial charge >= 0.3 is 0 Å². The number of piperidine rings is 1. The molecule has 0 aromatic heterocycles. The van der Waals surface area contributed by atoms with E-state index in [1.54, 1.807) is 24.3 Å². The van der Waals surface area contributed by atoms with E-state index < -0.39 is 0 Å². The van der Waals surface area contributed by atoms with E-state index in [-0.39, 0.29) is 17.2 Å². The Morgan fingerprint density at radius 3 is 1.91 bits per heavy atom. The molecule has 118 valence electrons. The second-order valence-electron chi connectivity index (χ2n) is 6.55. The average molecular weight is 309 g/mol. The number of hydrogen-bond donors (Lipinski definition) is 0. The molecule has 0 unspecified atom stereocenters. The van der Waals surface area contributed by atoms with E-state index in [0.717, 1.165) is 5.75 Å². The summed E-state index contributed by atoms with van der Waals surface area (Å²) in [5, 5.41) is 0. The van der Waals surface area contributed by atoms with Gasteiger partial charge in [0, 0.05) is 12.8 Å². The zero-order valence-corrected chi connectivity index (χ0v) is 13.3. The van der Waals surface area contributed by atoms with Crippen LogP contribution in [0.5, 0.6) is 11.5 Å². The highest BCUT2D eigenvalue weighted by Crippen LogP contribution is 2.34. The lowest BCUT2D eigenvalue weighted by Crippen LogP contribution is -2.46. The summed E-state index contributed by atoms with van der Waals surface area (Å²) >= 11 is 0. The normalized spacial score (nSPS) is 17.2. The molecular formula is C19H19NO3. The Morgan fingerprint density at radius 2 is 1.35 bits per heavy atom. The number of carbonyl (C=O) groups is 2. The number of amides is 2. The Hall–Kier alpha value is -2.62. The predicted molar refractivity (Wildman–Crippen MR) is 88.5 cm³/mol. The van der Waals surface area contributed by atoms with Crippen molar-refractivity contribution in [2.45, 2.75) is 26.7 Å². The first kappa shape index (κ1) is 15.3. The number of imide groups is 1. The third kappa shape index (κ3) is 3.42. The molecule has 1 saturated heterocycles. The van der Waals surface area contributed by atoms with Crippen molar-refractivity contribution in [3.63, 3.8) is 0 Å². The number of carbonyl (C=O) groups excluding carboxylic acids is 2. The van der Waals surface area contributed by atoms with Gasteiger partial charge in [-0.15, -0.1) is 0 Å². The summed E-state index contributed by atoms with van der Waals surface area (Å²) in [4.78, 5) is 25.8. The number of benzene rings is 2. The zero-order valence-electron chi connectivity index (χ0n) is 13.3. The molecule has 4 heteroatoms. The van der Waals surface area contributed by atoms with Crippen LogP contribution in [0.15, 0.2) is 54.6 Å². The van der Waals surface area contributed by atoms with Crippen molar-refractivity contribution < 1.29 is 14.3 Å². The maximum atomic E-state index is 12.3. The van der Waals surface area contributed by atoms with Gasteiger partial charge in [-0.25, -0.2) is 0 Å². The molecule has 1 aliphatic rings. The van der Waals surface area contributed by atoms with Crippen molar-refractivity contribution in [2.24, 2.45) is 5.41 Å². The van der Waals surface area contributed by atoms with Gasteiger partial charge in [0.25, 0.3) is 0 Å². The molecule has 0 N–H and O–H groups in total. The number of ether oxygens (including phenoxy) is 1. The highest BCUT2D eigenvalue weighted by Gasteiger charge is 2.38. The Bertz CT molecular complexity index is 700. The van der Waals surface area contributed by atoms with Crippen LogP contribution >= 0.6 is 0 Å². The van der Waals surface area contributed by atoms with Gasteiger partial charge in [0.2, 0.25) is 11.8 Å². The molecule has 2 aromatic carbocycles. The molecule has 2 amide bonds. The highest BCUT2D eigenvalue weighted by atomic mass is 16.5. The van der Waals surface area contributed by atoms with Crippen LogP contribution in [0, 0.1) is 5.41 Å². The largest absolute Gasteiger partial charge is 0.457 e. The van der Waals surface area contributed by atoms with Crippen molar-refractivity contribution in [2.75, 3.05) is 4.90 Å². The standard InChI is InChI=1S/C19H19NO3/c1-19(2)12-17(21)20(18(22)13-19)14-8-10-16(11-9-14)23-15-6-4-3-5-7-15/h3-11H,12-13H2,1-2H3. The summed E-state index contributed by atoms with van der Waals surface area (Å²) in [5.74, 6) is 1.11. The first-order chi connectivity index (χ1) is 10.9. The first-order valence-corrected chi connectivity index (χ1v) is 7.63. The number of rotatable bonds is 3. The molecule has 1 heterocycles. The molecule has 4 nitrogen and oxygen atoms in total. The third-order valence-electron chi connectivity index (χ3n) is 3.83. The van der Waals surface area contributed by atoms with Crippen molar-refractivity contribution in [1.29, 1.82) is 0 Å². The van der Waals surface area contributed by atoms with Crippen LogP contribution in [-0.2, 0) is 9.59 Å². The van der Waals surface area contributed by atoms with E-state index in [2.05, 4.69) is 0 Å². The molecule has 0 aliphatic carbocycles. The lowest BCUT2D eigenvalue weighted by molar-refractivity contribution is -0.132. The molecule has 0 spiro atoms. The van der Waals surface area contributed by atoms with Crippen molar-refractivity contribution >= 4 is 17.5 Å². The summed E-state index contributed by atoms with van der Waals surface area (Å²) in [6.45, 7) is 3.88. The van der Waals surface area contributed by atoms with Crippen LogP contribution in [0.1, 0.15) is 26.7 Å². The van der Waals surface area contributed by atoms with Crippen molar-refractivity contribution in [3.05, 3.63) is 54.6 Å². The van der Waals surface area contributed by atoms with Gasteiger partial charge in [0.1, 0.15) is 11.5 Å². The van der Waals surface area contributed by atoms with Gasteiger partial charge in [-0.3, -0.25) is 14.5 Å². The maximum absolute atomic E-state index is 12.3. The fourth-order valence-corrected chi connectivity index (χ4v) is 2.75. The minimum Gasteiger partial charge on any atom is -0.457 e. The summed E-state index contributed by atoms with van der Waals surface area (Å²) in [6, 6.07) is 16.5. The van der Waals surface area contributed by atoms with Gasteiger partial charge in [-0.1, -0.05) is 32.0 Å². The van der Waals surface area contributed by atoms with Gasteiger partial charge in [0.05, 0.1) is 5.69 Å². The molecule has 0 saturated carbocycles. The van der Waals surface area contributed by atoms with Crippen LogP contribution in [0.3, 0.4) is 0 Å². The van der Waals surface area contributed by atoms with Crippen LogP contribution in [-0.4, -0.2) is 11.8 Å². The van der Waals surface area contributed by atoms with Crippen LogP contribution in [0.2, 0.25) is 0 Å². The second-order valence-corrected chi connectivity index (χ2v) is 6.55. The fourth-order valence-electron chi connectivity index (χ4n) is 2.75. The SMILES string of the molecule is CC1(C)CC(=O)N(c2ccc(Oc3ccccc3)cc2)C(=O)C1. The smallest absolute Gasteiger partial charge is 0.234 e. The Morgan fingerprint density at radius 1 is 0.826 bits per heavy atom. The predicted octanol–water partition coefficient (Wildman–Crippen LogP) is 4.16. The molecule has 23 heavy (non-hydrogen) atoms. The molecule has 0 bridgehead atoms. The van der Waals surface area contributed by atoms with E-state index in [9.17, 15) is 9.59 Å². The van der Waals surface area contributed by atoms with Crippen LogP contribution in [0.4, 0.5) is 5.69 Å². The number of anilines is 1. The lowest BCUT2D eigenvalue weighted by atomic mass is 9.81. The summed E-state index contributed by atoms with van der Waals surface area (Å²) < 4.78 is 5.72. The van der Waals surface area contributed by atoms with Crippen molar-refractivity contribution in [1.82, 2.24) is 0 Å². The highest BCUT2D eigenvalue weighted by molar-refractivity contribution is 6.16. The Balaban J connectivity index is 1.77. The monoisotopic (exact) mass is 309 g/mol. The van der Waals surface area contributed by atoms with E-state index in [0.29, 0.717) is 24.3 Å². The van der Waals surface area contributed by atoms with Crippen molar-refractivity contribution in [3.8, 4) is 11.5 Å². The van der Waals surface area contributed by atoms with Gasteiger partial charge in [-0.2, -0.15) is 0 Å². The van der Waals surface area contributed by atoms with E-state index >= 15 is 0 Å². The zero-order chi connectivity index (χ0) is 16.4. The number of nitrogens with zero attached hydrogens (tertiary/aromatic N) is 1. The van der Waals surface area contributed by atoms with Crippen LogP contribution in [0.25, 0.3) is 0 Å². The van der Waals surface area contributed by atoms with Gasteiger partial charge in [-0.05, 0) is 41.8 Å². The fraction of sp³-hybridized carbons (Fsp3) is 0.263. The minimum absolute atomic E-state index is 0.150. The van der Waals surface area contributed by atoms with E-state index in [1.165, 1.54) is 4.90 Å². The molecular weight excluding hydrogens is 290 g/mol. The number of hydrogen-bond acceptors (Lipinski definition) is 3. The summed E-state index contributed by atoms with van der Waals surface area (Å²) in [6.07, 6.45) is 0.752. The molecule has 3 rings (SSSR count). The Kier molecular flexibility index (Phi) is 3.90. The molecule has 0 atom stereocenters. The quantitative estimate of drug-likeness (QED) is 0.800. The molecule has 2 aromatic rings. The molecule has 1 aliphatic heterocycles.